The van der Waals surface area contributed by atoms with Gasteiger partial charge in [0.25, 0.3) is 0 Å². The van der Waals surface area contributed by atoms with Crippen LogP contribution in [0.3, 0.4) is 0 Å². The van der Waals surface area contributed by atoms with Gasteiger partial charge in [0.05, 0.1) is 12.2 Å². The van der Waals surface area contributed by atoms with E-state index in [0.29, 0.717) is 13.1 Å². The number of carbonyl (C=O) groups excluding carboxylic acids is 1. The molecule has 19 heavy (non-hydrogen) atoms. The van der Waals surface area contributed by atoms with Gasteiger partial charge in [0.2, 0.25) is 0 Å². The molecule has 1 rings (SSSR count). The van der Waals surface area contributed by atoms with Gasteiger partial charge in [0.1, 0.15) is 6.04 Å². The maximum atomic E-state index is 11.9. The van der Waals surface area contributed by atoms with Crippen molar-refractivity contribution in [2.75, 3.05) is 6.54 Å². The third-order valence-corrected chi connectivity index (χ3v) is 2.68. The van der Waals surface area contributed by atoms with Gasteiger partial charge in [-0.1, -0.05) is 6.07 Å². The Bertz CT molecular complexity index is 462. The van der Waals surface area contributed by atoms with Crippen LogP contribution in [-0.2, 0) is 11.3 Å². The van der Waals surface area contributed by atoms with Crippen molar-refractivity contribution in [1.29, 1.82) is 0 Å². The average Bonchev–Trinajstić information content (AvgIpc) is 2.35. The number of hydrogen-bond acceptors (Lipinski definition) is 3. The van der Waals surface area contributed by atoms with Gasteiger partial charge >= 0.3 is 12.0 Å². The van der Waals surface area contributed by atoms with Gasteiger partial charge in [-0.05, 0) is 32.9 Å². The van der Waals surface area contributed by atoms with E-state index in [9.17, 15) is 9.59 Å². The van der Waals surface area contributed by atoms with Crippen LogP contribution in [0.4, 0.5) is 4.79 Å². The molecule has 0 aliphatic rings. The maximum absolute atomic E-state index is 11.9. The molecule has 104 valence electrons. The van der Waals surface area contributed by atoms with Crippen LogP contribution in [0.15, 0.2) is 18.2 Å². The number of hydrogen-bond donors (Lipinski definition) is 2. The van der Waals surface area contributed by atoms with Gasteiger partial charge in [-0.3, -0.25) is 9.78 Å². The number of amides is 2. The minimum atomic E-state index is -1.06. The van der Waals surface area contributed by atoms with Crippen molar-refractivity contribution in [1.82, 2.24) is 15.2 Å². The summed E-state index contributed by atoms with van der Waals surface area (Å²) in [6.45, 7) is 5.98. The molecule has 1 atom stereocenters. The molecule has 1 aromatic heterocycles. The van der Waals surface area contributed by atoms with E-state index in [1.807, 2.05) is 32.0 Å². The first kappa shape index (κ1) is 14.9. The molecule has 0 aromatic carbocycles. The molecule has 0 saturated carbocycles. The quantitative estimate of drug-likeness (QED) is 0.843. The van der Waals surface area contributed by atoms with E-state index in [0.717, 1.165) is 11.4 Å². The Kier molecular flexibility index (Phi) is 5.29. The van der Waals surface area contributed by atoms with E-state index >= 15 is 0 Å². The third kappa shape index (κ3) is 4.57. The molecule has 0 spiro atoms. The van der Waals surface area contributed by atoms with Gasteiger partial charge in [-0.2, -0.15) is 0 Å². The van der Waals surface area contributed by atoms with E-state index in [1.165, 1.54) is 11.8 Å². The summed E-state index contributed by atoms with van der Waals surface area (Å²) >= 11 is 0. The number of aliphatic carboxylic acids is 1. The smallest absolute Gasteiger partial charge is 0.325 e. The van der Waals surface area contributed by atoms with Gasteiger partial charge in [-0.15, -0.1) is 0 Å². The Labute approximate surface area is 112 Å². The standard InChI is InChI=1S/C13H19N3O3/c1-4-16(13(19)15-10(3)12(17)18)8-11-7-5-6-9(2)14-11/h5-7,10H,4,8H2,1-3H3,(H,15,19)(H,17,18). The van der Waals surface area contributed by atoms with E-state index in [4.69, 9.17) is 5.11 Å². The molecule has 6 heteroatoms. The van der Waals surface area contributed by atoms with Gasteiger partial charge in [0, 0.05) is 12.2 Å². The number of carboxylic acids is 1. The Morgan fingerprint density at radius 3 is 2.68 bits per heavy atom. The third-order valence-electron chi connectivity index (χ3n) is 2.68. The molecule has 0 radical (unpaired) electrons. The highest BCUT2D eigenvalue weighted by molar-refractivity contribution is 5.82. The average molecular weight is 265 g/mol. The van der Waals surface area contributed by atoms with Gasteiger partial charge in [0.15, 0.2) is 0 Å². The van der Waals surface area contributed by atoms with Crippen molar-refractivity contribution in [3.63, 3.8) is 0 Å². The van der Waals surface area contributed by atoms with Crippen molar-refractivity contribution in [2.45, 2.75) is 33.4 Å². The van der Waals surface area contributed by atoms with Crippen LogP contribution in [0.1, 0.15) is 25.2 Å². The number of urea groups is 1. The monoisotopic (exact) mass is 265 g/mol. The van der Waals surface area contributed by atoms with Crippen molar-refractivity contribution in [3.05, 3.63) is 29.6 Å². The summed E-state index contributed by atoms with van der Waals surface area (Å²) in [5, 5.41) is 11.2. The largest absolute Gasteiger partial charge is 0.480 e. The predicted molar refractivity (Wildman–Crippen MR) is 70.7 cm³/mol. The van der Waals surface area contributed by atoms with Crippen LogP contribution in [0.2, 0.25) is 0 Å². The number of carbonyl (C=O) groups is 2. The minimum absolute atomic E-state index is 0.357. The molecule has 1 unspecified atom stereocenters. The van der Waals surface area contributed by atoms with Crippen molar-refractivity contribution < 1.29 is 14.7 Å². The number of carboxylic acid groups (broad SMARTS) is 1. The number of aromatic nitrogens is 1. The summed E-state index contributed by atoms with van der Waals surface area (Å²) in [5.41, 5.74) is 1.66. The summed E-state index contributed by atoms with van der Waals surface area (Å²) < 4.78 is 0. The molecule has 0 bridgehead atoms. The Morgan fingerprint density at radius 1 is 1.47 bits per heavy atom. The van der Waals surface area contributed by atoms with Crippen LogP contribution >= 0.6 is 0 Å². The summed E-state index contributed by atoms with van der Waals surface area (Å²) in [5.74, 6) is -1.06. The lowest BCUT2D eigenvalue weighted by Crippen LogP contribution is -2.46. The van der Waals surface area contributed by atoms with Gasteiger partial charge < -0.3 is 15.3 Å². The molecule has 6 nitrogen and oxygen atoms in total. The Hall–Kier alpha value is -2.11. The lowest BCUT2D eigenvalue weighted by atomic mass is 10.3. The molecule has 2 N–H and O–H groups in total. The topological polar surface area (TPSA) is 82.5 Å². The fourth-order valence-electron chi connectivity index (χ4n) is 1.55. The van der Waals surface area contributed by atoms with Crippen LogP contribution in [0, 0.1) is 6.92 Å². The van der Waals surface area contributed by atoms with E-state index in [-0.39, 0.29) is 0 Å². The first-order valence-corrected chi connectivity index (χ1v) is 6.14. The zero-order chi connectivity index (χ0) is 14.4. The van der Waals surface area contributed by atoms with Crippen LogP contribution in [0.5, 0.6) is 0 Å². The lowest BCUT2D eigenvalue weighted by Gasteiger charge is -2.22. The predicted octanol–water partition coefficient (Wildman–Crippen LogP) is 1.39. The highest BCUT2D eigenvalue weighted by Gasteiger charge is 2.18. The molecule has 0 aliphatic carbocycles. The second-order valence-corrected chi connectivity index (χ2v) is 4.29. The summed E-state index contributed by atoms with van der Waals surface area (Å²) in [4.78, 5) is 28.4. The van der Waals surface area contributed by atoms with Crippen molar-refractivity contribution >= 4 is 12.0 Å². The normalized spacial score (nSPS) is 11.7. The number of nitrogens with zero attached hydrogens (tertiary/aromatic N) is 2. The van der Waals surface area contributed by atoms with Crippen molar-refractivity contribution in [2.24, 2.45) is 0 Å². The molecule has 0 saturated heterocycles. The highest BCUT2D eigenvalue weighted by atomic mass is 16.4. The van der Waals surface area contributed by atoms with Crippen molar-refractivity contribution in [3.8, 4) is 0 Å². The highest BCUT2D eigenvalue weighted by Crippen LogP contribution is 2.04. The van der Waals surface area contributed by atoms with Crippen LogP contribution < -0.4 is 5.32 Å². The maximum Gasteiger partial charge on any atom is 0.325 e. The number of rotatable bonds is 5. The zero-order valence-corrected chi connectivity index (χ0v) is 11.4. The van der Waals surface area contributed by atoms with Crippen LogP contribution in [0.25, 0.3) is 0 Å². The summed E-state index contributed by atoms with van der Waals surface area (Å²) in [7, 11) is 0. The SMILES string of the molecule is CCN(Cc1cccc(C)n1)C(=O)NC(C)C(=O)O. The molecular weight excluding hydrogens is 246 g/mol. The van der Waals surface area contributed by atoms with E-state index < -0.39 is 18.0 Å². The number of pyridine rings is 1. The van der Waals surface area contributed by atoms with E-state index in [2.05, 4.69) is 10.3 Å². The first-order chi connectivity index (χ1) is 8.93. The first-order valence-electron chi connectivity index (χ1n) is 6.14. The fraction of sp³-hybridized carbons (Fsp3) is 0.462. The summed E-state index contributed by atoms with van der Waals surface area (Å²) in [6.07, 6.45) is 0. The number of nitrogens with one attached hydrogen (secondary N) is 1. The summed E-state index contributed by atoms with van der Waals surface area (Å²) in [6, 6.07) is 4.28. The fourth-order valence-corrected chi connectivity index (χ4v) is 1.55. The van der Waals surface area contributed by atoms with Gasteiger partial charge in [-0.25, -0.2) is 4.79 Å². The molecule has 1 aromatic rings. The number of aryl methyl sites for hydroxylation is 1. The molecule has 0 fully saturated rings. The van der Waals surface area contributed by atoms with Crippen LogP contribution in [-0.4, -0.2) is 39.6 Å². The molecule has 2 amide bonds. The Balaban J connectivity index is 2.67. The molecule has 1 heterocycles. The second-order valence-electron chi connectivity index (χ2n) is 4.29. The molecule has 0 aliphatic heterocycles. The lowest BCUT2D eigenvalue weighted by molar-refractivity contribution is -0.138. The second kappa shape index (κ2) is 6.72. The Morgan fingerprint density at radius 2 is 2.16 bits per heavy atom. The van der Waals surface area contributed by atoms with E-state index in [1.54, 1.807) is 0 Å². The zero-order valence-electron chi connectivity index (χ0n) is 11.4. The minimum Gasteiger partial charge on any atom is -0.480 e. The molecular formula is C13H19N3O3.